The van der Waals surface area contributed by atoms with Crippen LogP contribution in [0.5, 0.6) is 5.75 Å². The SMILES string of the molecule is COc1ccc(C(C)(C)CN=C(N)NC2CCCCC2)cc1.I. The van der Waals surface area contributed by atoms with Gasteiger partial charge in [0, 0.05) is 11.5 Å². The van der Waals surface area contributed by atoms with Crippen LogP contribution in [0.15, 0.2) is 29.3 Å². The number of nitrogens with one attached hydrogen (secondary N) is 1. The van der Waals surface area contributed by atoms with Gasteiger partial charge in [0.25, 0.3) is 0 Å². The van der Waals surface area contributed by atoms with E-state index in [0.29, 0.717) is 18.5 Å². The quantitative estimate of drug-likeness (QED) is 0.423. The standard InChI is InChI=1S/C18H29N3O.HI/c1-18(2,14-9-11-16(22-3)12-10-14)13-20-17(19)21-15-7-5-4-6-8-15;/h9-12,15H,4-8,13H2,1-3H3,(H3,19,20,21);1H. The molecule has 23 heavy (non-hydrogen) atoms. The van der Waals surface area contributed by atoms with Gasteiger partial charge in [-0.1, -0.05) is 45.2 Å². The minimum absolute atomic E-state index is 0. The number of nitrogens with zero attached hydrogens (tertiary/aromatic N) is 1. The van der Waals surface area contributed by atoms with Crippen LogP contribution < -0.4 is 15.8 Å². The van der Waals surface area contributed by atoms with Crippen molar-refractivity contribution in [1.29, 1.82) is 0 Å². The van der Waals surface area contributed by atoms with E-state index >= 15 is 0 Å². The summed E-state index contributed by atoms with van der Waals surface area (Å²) in [5.41, 5.74) is 7.24. The first-order chi connectivity index (χ1) is 10.5. The summed E-state index contributed by atoms with van der Waals surface area (Å²) in [6.45, 7) is 5.04. The summed E-state index contributed by atoms with van der Waals surface area (Å²) in [7, 11) is 1.68. The fraction of sp³-hybridized carbons (Fsp3) is 0.611. The van der Waals surface area contributed by atoms with Crippen LogP contribution in [0.3, 0.4) is 0 Å². The maximum Gasteiger partial charge on any atom is 0.188 e. The summed E-state index contributed by atoms with van der Waals surface area (Å²) < 4.78 is 5.21. The Morgan fingerprint density at radius 1 is 1.22 bits per heavy atom. The molecule has 4 nitrogen and oxygen atoms in total. The van der Waals surface area contributed by atoms with E-state index in [2.05, 4.69) is 36.3 Å². The number of methoxy groups -OCH3 is 1. The van der Waals surface area contributed by atoms with Crippen LogP contribution in [-0.2, 0) is 5.41 Å². The third-order valence-corrected chi connectivity index (χ3v) is 4.47. The zero-order valence-corrected chi connectivity index (χ0v) is 16.8. The van der Waals surface area contributed by atoms with Crippen molar-refractivity contribution in [3.8, 4) is 5.75 Å². The number of benzene rings is 1. The number of guanidine groups is 1. The monoisotopic (exact) mass is 431 g/mol. The molecule has 1 saturated carbocycles. The van der Waals surface area contributed by atoms with Crippen molar-refractivity contribution in [2.24, 2.45) is 10.7 Å². The molecule has 0 radical (unpaired) electrons. The van der Waals surface area contributed by atoms with Crippen molar-refractivity contribution in [2.45, 2.75) is 57.4 Å². The van der Waals surface area contributed by atoms with E-state index in [9.17, 15) is 0 Å². The van der Waals surface area contributed by atoms with Gasteiger partial charge in [-0.15, -0.1) is 24.0 Å². The minimum atomic E-state index is -0.0505. The Hall–Kier alpha value is -0.980. The van der Waals surface area contributed by atoms with Crippen LogP contribution >= 0.6 is 24.0 Å². The lowest BCUT2D eigenvalue weighted by molar-refractivity contribution is 0.411. The largest absolute Gasteiger partial charge is 0.497 e. The Morgan fingerprint density at radius 2 is 1.83 bits per heavy atom. The van der Waals surface area contributed by atoms with Gasteiger partial charge in [-0.25, -0.2) is 0 Å². The second-order valence-corrected chi connectivity index (χ2v) is 6.79. The third kappa shape index (κ3) is 6.20. The van der Waals surface area contributed by atoms with Crippen molar-refractivity contribution in [3.63, 3.8) is 0 Å². The van der Waals surface area contributed by atoms with Gasteiger partial charge >= 0.3 is 0 Å². The number of rotatable bonds is 5. The predicted octanol–water partition coefficient (Wildman–Crippen LogP) is 3.83. The highest BCUT2D eigenvalue weighted by atomic mass is 127. The molecule has 0 spiro atoms. The van der Waals surface area contributed by atoms with Crippen LogP contribution in [-0.4, -0.2) is 25.7 Å². The summed E-state index contributed by atoms with van der Waals surface area (Å²) in [6.07, 6.45) is 6.35. The van der Waals surface area contributed by atoms with Crippen LogP contribution in [0.4, 0.5) is 0 Å². The first-order valence-electron chi connectivity index (χ1n) is 8.22. The van der Waals surface area contributed by atoms with Crippen LogP contribution in [0.25, 0.3) is 0 Å². The van der Waals surface area contributed by atoms with E-state index in [-0.39, 0.29) is 29.4 Å². The average Bonchev–Trinajstić information content (AvgIpc) is 2.54. The maximum absolute atomic E-state index is 6.05. The summed E-state index contributed by atoms with van der Waals surface area (Å²) in [5, 5.41) is 3.37. The van der Waals surface area contributed by atoms with E-state index in [1.165, 1.54) is 37.7 Å². The molecule has 0 bridgehead atoms. The van der Waals surface area contributed by atoms with E-state index in [0.717, 1.165) is 5.75 Å². The van der Waals surface area contributed by atoms with Crippen LogP contribution in [0, 0.1) is 0 Å². The molecule has 0 heterocycles. The predicted molar refractivity (Wildman–Crippen MR) is 108 cm³/mol. The van der Waals surface area contributed by atoms with Crippen molar-refractivity contribution in [2.75, 3.05) is 13.7 Å². The van der Waals surface area contributed by atoms with Gasteiger partial charge in [0.2, 0.25) is 0 Å². The number of hydrogen-bond donors (Lipinski definition) is 2. The summed E-state index contributed by atoms with van der Waals surface area (Å²) in [4.78, 5) is 4.56. The van der Waals surface area contributed by atoms with Gasteiger partial charge in [-0.3, -0.25) is 4.99 Å². The normalized spacial score (nSPS) is 16.6. The van der Waals surface area contributed by atoms with Gasteiger partial charge < -0.3 is 15.8 Å². The highest BCUT2D eigenvalue weighted by Crippen LogP contribution is 2.25. The molecule has 2 rings (SSSR count). The molecular weight excluding hydrogens is 401 g/mol. The molecule has 1 aliphatic carbocycles. The number of nitrogens with two attached hydrogens (primary N) is 1. The van der Waals surface area contributed by atoms with Gasteiger partial charge in [-0.05, 0) is 30.5 Å². The fourth-order valence-corrected chi connectivity index (χ4v) is 2.92. The van der Waals surface area contributed by atoms with E-state index in [1.54, 1.807) is 7.11 Å². The van der Waals surface area contributed by atoms with Crippen molar-refractivity contribution in [1.82, 2.24) is 5.32 Å². The number of aliphatic imine (C=N–C) groups is 1. The summed E-state index contributed by atoms with van der Waals surface area (Å²) >= 11 is 0. The Kier molecular flexibility index (Phi) is 8.16. The highest BCUT2D eigenvalue weighted by molar-refractivity contribution is 14.0. The molecule has 1 aromatic rings. The zero-order chi connectivity index (χ0) is 16.0. The summed E-state index contributed by atoms with van der Waals surface area (Å²) in [5.74, 6) is 1.45. The van der Waals surface area contributed by atoms with Crippen LogP contribution in [0.1, 0.15) is 51.5 Å². The molecule has 0 atom stereocenters. The third-order valence-electron chi connectivity index (χ3n) is 4.47. The molecule has 1 aliphatic rings. The molecule has 1 aromatic carbocycles. The Bertz CT molecular complexity index is 493. The Labute approximate surface area is 157 Å². The van der Waals surface area contributed by atoms with Gasteiger partial charge in [0.1, 0.15) is 5.75 Å². The molecular formula is C18H30IN3O. The molecule has 0 amide bonds. The zero-order valence-electron chi connectivity index (χ0n) is 14.5. The second kappa shape index (κ2) is 9.35. The minimum Gasteiger partial charge on any atom is -0.497 e. The molecule has 130 valence electrons. The smallest absolute Gasteiger partial charge is 0.188 e. The Morgan fingerprint density at radius 3 is 2.39 bits per heavy atom. The van der Waals surface area contributed by atoms with E-state index in [4.69, 9.17) is 10.5 Å². The highest BCUT2D eigenvalue weighted by Gasteiger charge is 2.21. The molecule has 0 unspecified atom stereocenters. The molecule has 0 saturated heterocycles. The lowest BCUT2D eigenvalue weighted by atomic mass is 9.85. The van der Waals surface area contributed by atoms with Gasteiger partial charge in [-0.2, -0.15) is 0 Å². The number of hydrogen-bond acceptors (Lipinski definition) is 2. The molecule has 0 aromatic heterocycles. The van der Waals surface area contributed by atoms with Gasteiger partial charge in [0.05, 0.1) is 13.7 Å². The van der Waals surface area contributed by atoms with E-state index < -0.39 is 0 Å². The average molecular weight is 431 g/mol. The number of halogens is 1. The molecule has 0 aliphatic heterocycles. The van der Waals surface area contributed by atoms with E-state index in [1.807, 2.05) is 12.1 Å². The first kappa shape index (κ1) is 20.1. The molecule has 1 fully saturated rings. The van der Waals surface area contributed by atoms with Crippen molar-refractivity contribution in [3.05, 3.63) is 29.8 Å². The summed E-state index contributed by atoms with van der Waals surface area (Å²) in [6, 6.07) is 8.68. The lowest BCUT2D eigenvalue weighted by Gasteiger charge is -2.25. The second-order valence-electron chi connectivity index (χ2n) is 6.79. The molecule has 5 heteroatoms. The van der Waals surface area contributed by atoms with Crippen molar-refractivity contribution < 1.29 is 4.74 Å². The first-order valence-corrected chi connectivity index (χ1v) is 8.22. The van der Waals surface area contributed by atoms with Gasteiger partial charge in [0.15, 0.2) is 5.96 Å². The number of ether oxygens (including phenoxy) is 1. The Balaban J connectivity index is 0.00000264. The topological polar surface area (TPSA) is 59.6 Å². The maximum atomic E-state index is 6.05. The van der Waals surface area contributed by atoms with Crippen molar-refractivity contribution >= 4 is 29.9 Å². The molecule has 3 N–H and O–H groups in total. The fourth-order valence-electron chi connectivity index (χ4n) is 2.92. The van der Waals surface area contributed by atoms with Crippen LogP contribution in [0.2, 0.25) is 0 Å². The lowest BCUT2D eigenvalue weighted by Crippen LogP contribution is -2.41.